The SMILES string of the molecule is O=C(NN1C(=O)[C@H]2[C@H](C1=O)[C@@]1(Cl)C(Cl)=C(Cl)[C@@]2(Cl)C1(Cl)Cl)c1ccc([N+](=O)[O-])cc1. The number of halogens is 6. The van der Waals surface area contributed by atoms with Crippen molar-refractivity contribution in [3.8, 4) is 0 Å². The van der Waals surface area contributed by atoms with Gasteiger partial charge in [-0.15, -0.1) is 23.2 Å². The lowest BCUT2D eigenvalue weighted by Gasteiger charge is -2.34. The van der Waals surface area contributed by atoms with Gasteiger partial charge in [-0.2, -0.15) is 5.01 Å². The summed E-state index contributed by atoms with van der Waals surface area (Å²) < 4.78 is -2.08. The molecule has 1 N–H and O–H groups in total. The number of carbonyl (C=O) groups excluding carboxylic acids is 3. The Morgan fingerprint density at radius 2 is 1.40 bits per heavy atom. The van der Waals surface area contributed by atoms with E-state index in [1.807, 2.05) is 0 Å². The summed E-state index contributed by atoms with van der Waals surface area (Å²) in [5.41, 5.74) is 1.87. The van der Waals surface area contributed by atoms with Crippen LogP contribution in [-0.4, -0.2) is 41.7 Å². The van der Waals surface area contributed by atoms with Gasteiger partial charge in [-0.3, -0.25) is 29.9 Å². The Kier molecular flexibility index (Phi) is 4.83. The summed E-state index contributed by atoms with van der Waals surface area (Å²) in [6.07, 6.45) is 0. The molecule has 0 unspecified atom stereocenters. The van der Waals surface area contributed by atoms with Crippen LogP contribution < -0.4 is 5.43 Å². The Morgan fingerprint density at radius 1 is 0.967 bits per heavy atom. The predicted octanol–water partition coefficient (Wildman–Crippen LogP) is 3.69. The number of carbonyl (C=O) groups is 3. The van der Waals surface area contributed by atoms with Gasteiger partial charge in [-0.25, -0.2) is 0 Å². The van der Waals surface area contributed by atoms with Crippen molar-refractivity contribution < 1.29 is 19.3 Å². The normalized spacial score (nSPS) is 33.9. The number of nitrogens with one attached hydrogen (secondary N) is 1. The van der Waals surface area contributed by atoms with Crippen molar-refractivity contribution in [1.29, 1.82) is 0 Å². The average Bonchev–Trinajstić information content (AvgIpc) is 3.07. The van der Waals surface area contributed by atoms with E-state index >= 15 is 0 Å². The Bertz CT molecular complexity index is 1030. The lowest BCUT2D eigenvalue weighted by Crippen LogP contribution is -2.54. The number of imide groups is 1. The Morgan fingerprint density at radius 3 is 1.80 bits per heavy atom. The molecule has 4 rings (SSSR count). The van der Waals surface area contributed by atoms with E-state index in [1.165, 1.54) is 0 Å². The quantitative estimate of drug-likeness (QED) is 0.276. The highest BCUT2D eigenvalue weighted by Gasteiger charge is 2.87. The zero-order chi connectivity index (χ0) is 22.4. The van der Waals surface area contributed by atoms with Crippen LogP contribution in [0.3, 0.4) is 0 Å². The van der Waals surface area contributed by atoms with Gasteiger partial charge in [-0.1, -0.05) is 46.4 Å². The summed E-state index contributed by atoms with van der Waals surface area (Å²) in [4.78, 5) is 44.6. The first-order chi connectivity index (χ1) is 13.8. The number of rotatable bonds is 3. The molecule has 14 heteroatoms. The van der Waals surface area contributed by atoms with Crippen LogP contribution in [0.15, 0.2) is 34.3 Å². The number of allylic oxidation sites excluding steroid dienone is 2. The molecule has 2 aliphatic carbocycles. The van der Waals surface area contributed by atoms with Gasteiger partial charge in [0.25, 0.3) is 23.4 Å². The molecule has 1 aromatic carbocycles. The first-order valence-corrected chi connectivity index (χ1v) is 10.3. The third-order valence-corrected chi connectivity index (χ3v) is 9.72. The molecule has 8 nitrogen and oxygen atoms in total. The van der Waals surface area contributed by atoms with Crippen LogP contribution >= 0.6 is 69.6 Å². The second-order valence-electron chi connectivity index (χ2n) is 6.84. The maximum Gasteiger partial charge on any atom is 0.270 e. The molecular weight excluding hydrogens is 527 g/mol. The number of hydrogen-bond donors (Lipinski definition) is 1. The number of nitro benzene ring substituents is 1. The summed E-state index contributed by atoms with van der Waals surface area (Å²) in [6.45, 7) is 0. The van der Waals surface area contributed by atoms with Crippen LogP contribution in [0.4, 0.5) is 5.69 Å². The molecule has 1 aromatic rings. The number of benzene rings is 1. The molecule has 1 aliphatic heterocycles. The highest BCUT2D eigenvalue weighted by atomic mass is 35.5. The highest BCUT2D eigenvalue weighted by molar-refractivity contribution is 6.66. The first-order valence-electron chi connectivity index (χ1n) is 8.07. The van der Waals surface area contributed by atoms with Crippen LogP contribution in [0.5, 0.6) is 0 Å². The Labute approximate surface area is 198 Å². The van der Waals surface area contributed by atoms with E-state index in [4.69, 9.17) is 69.6 Å². The molecule has 4 atom stereocenters. The summed E-state index contributed by atoms with van der Waals surface area (Å²) in [5.74, 6) is -5.49. The van der Waals surface area contributed by atoms with Gasteiger partial charge in [0.05, 0.1) is 26.8 Å². The Hall–Kier alpha value is -1.29. The van der Waals surface area contributed by atoms with Crippen molar-refractivity contribution >= 4 is 93.0 Å². The molecule has 1 heterocycles. The van der Waals surface area contributed by atoms with Crippen LogP contribution in [-0.2, 0) is 9.59 Å². The minimum atomic E-state index is -2.08. The third-order valence-electron chi connectivity index (χ3n) is 5.46. The molecule has 0 radical (unpaired) electrons. The second kappa shape index (κ2) is 6.60. The van der Waals surface area contributed by atoms with Crippen molar-refractivity contribution in [2.45, 2.75) is 14.1 Å². The van der Waals surface area contributed by atoms with Gasteiger partial charge in [0.15, 0.2) is 4.33 Å². The monoisotopic (exact) mass is 531 g/mol. The molecule has 0 aromatic heterocycles. The van der Waals surface area contributed by atoms with Crippen molar-refractivity contribution in [2.24, 2.45) is 11.8 Å². The molecule has 30 heavy (non-hydrogen) atoms. The van der Waals surface area contributed by atoms with Gasteiger partial charge in [0.1, 0.15) is 9.75 Å². The van der Waals surface area contributed by atoms with E-state index in [0.717, 1.165) is 24.3 Å². The molecule has 0 spiro atoms. The fourth-order valence-electron chi connectivity index (χ4n) is 4.01. The molecule has 2 fully saturated rings. The Balaban J connectivity index is 1.66. The molecule has 158 valence electrons. The van der Waals surface area contributed by atoms with Gasteiger partial charge in [-0.05, 0) is 12.1 Å². The molecule has 3 amide bonds. The lowest BCUT2D eigenvalue weighted by molar-refractivity contribution is -0.384. The number of fused-ring (bicyclic) bond motifs is 5. The summed E-state index contributed by atoms with van der Waals surface area (Å²) in [5, 5.41) is 10.7. The average molecular weight is 534 g/mol. The van der Waals surface area contributed by atoms with E-state index < -0.39 is 48.6 Å². The maximum atomic E-state index is 13.0. The van der Waals surface area contributed by atoms with Gasteiger partial charge in [0.2, 0.25) is 0 Å². The zero-order valence-corrected chi connectivity index (χ0v) is 18.7. The first kappa shape index (κ1) is 21.9. The third kappa shape index (κ3) is 2.35. The van der Waals surface area contributed by atoms with Crippen molar-refractivity contribution in [3.05, 3.63) is 50.0 Å². The fraction of sp³-hybridized carbons (Fsp3) is 0.312. The van der Waals surface area contributed by atoms with Crippen molar-refractivity contribution in [3.63, 3.8) is 0 Å². The van der Waals surface area contributed by atoms with Gasteiger partial charge >= 0.3 is 0 Å². The molecule has 1 saturated heterocycles. The summed E-state index contributed by atoms with van der Waals surface area (Å²) >= 11 is 38.2. The topological polar surface area (TPSA) is 110 Å². The van der Waals surface area contributed by atoms with E-state index in [-0.39, 0.29) is 21.3 Å². The maximum absolute atomic E-state index is 13.0. The van der Waals surface area contributed by atoms with Gasteiger partial charge in [0, 0.05) is 17.7 Å². The lowest BCUT2D eigenvalue weighted by atomic mass is 9.84. The molecule has 1 saturated carbocycles. The molecule has 2 bridgehead atoms. The van der Waals surface area contributed by atoms with Crippen molar-refractivity contribution in [1.82, 2.24) is 10.4 Å². The van der Waals surface area contributed by atoms with E-state index in [2.05, 4.69) is 5.43 Å². The zero-order valence-electron chi connectivity index (χ0n) is 14.2. The number of nitro groups is 1. The smallest absolute Gasteiger partial charge is 0.270 e. The fourth-order valence-corrected chi connectivity index (χ4v) is 6.93. The van der Waals surface area contributed by atoms with Crippen LogP contribution in [0.25, 0.3) is 0 Å². The van der Waals surface area contributed by atoms with Crippen LogP contribution in [0.2, 0.25) is 0 Å². The molecule has 3 aliphatic rings. The van der Waals surface area contributed by atoms with Gasteiger partial charge < -0.3 is 0 Å². The van der Waals surface area contributed by atoms with Crippen LogP contribution in [0, 0.1) is 22.0 Å². The molecular formula is C16H7Cl6N3O5. The minimum Gasteiger partial charge on any atom is -0.272 e. The van der Waals surface area contributed by atoms with E-state index in [9.17, 15) is 24.5 Å². The summed E-state index contributed by atoms with van der Waals surface area (Å²) in [7, 11) is 0. The van der Waals surface area contributed by atoms with E-state index in [0.29, 0.717) is 5.01 Å². The number of amides is 3. The number of non-ortho nitro benzene ring substituents is 1. The minimum absolute atomic E-state index is 0.0411. The number of alkyl halides is 4. The number of nitrogens with zero attached hydrogens (tertiary/aromatic N) is 2. The van der Waals surface area contributed by atoms with Crippen molar-refractivity contribution in [2.75, 3.05) is 0 Å². The highest BCUT2D eigenvalue weighted by Crippen LogP contribution is 2.77. The second-order valence-corrected chi connectivity index (χ2v) is 10.1. The summed E-state index contributed by atoms with van der Waals surface area (Å²) in [6, 6.07) is 4.51. The number of hydrazine groups is 1. The van der Waals surface area contributed by atoms with Crippen LogP contribution in [0.1, 0.15) is 10.4 Å². The van der Waals surface area contributed by atoms with E-state index in [1.54, 1.807) is 0 Å². The standard InChI is InChI=1S/C16H7Cl6N3O5/c17-9-10(18)15(20)8-7(14(9,19)16(15,21)22)12(27)24(13(8)28)23-11(26)5-1-3-6(4-2-5)25(29)30/h1-4,7-8H,(H,23,26)/t7-,8-,14-,15-/m1/s1. The largest absolute Gasteiger partial charge is 0.272 e. The number of hydrogen-bond acceptors (Lipinski definition) is 5. The predicted molar refractivity (Wildman–Crippen MR) is 110 cm³/mol.